The summed E-state index contributed by atoms with van der Waals surface area (Å²) >= 11 is 0. The van der Waals surface area contributed by atoms with E-state index in [0.717, 1.165) is 37.9 Å². The van der Waals surface area contributed by atoms with Crippen molar-refractivity contribution in [3.8, 4) is 5.88 Å². The molecule has 1 atom stereocenters. The van der Waals surface area contributed by atoms with E-state index in [9.17, 15) is 0 Å². The summed E-state index contributed by atoms with van der Waals surface area (Å²) in [5.74, 6) is 1.58. The molecule has 1 unspecified atom stereocenters. The first-order valence-corrected chi connectivity index (χ1v) is 18.1. The van der Waals surface area contributed by atoms with Crippen LogP contribution < -0.4 is 10.1 Å². The highest BCUT2D eigenvalue weighted by atomic mass is 16.5. The largest absolute Gasteiger partial charge is 0.478 e. The Kier molecular flexibility index (Phi) is 25.6. The summed E-state index contributed by atoms with van der Waals surface area (Å²) in [4.78, 5) is 7.14. The number of pyridine rings is 1. The van der Waals surface area contributed by atoms with E-state index in [1.54, 1.807) is 0 Å². The summed E-state index contributed by atoms with van der Waals surface area (Å²) in [5.41, 5.74) is 1.28. The van der Waals surface area contributed by atoms with Gasteiger partial charge in [0.2, 0.25) is 5.88 Å². The number of ether oxygens (including phenoxy) is 1. The van der Waals surface area contributed by atoms with Crippen LogP contribution in [0.15, 0.2) is 18.3 Å². The fourth-order valence-electron chi connectivity index (χ4n) is 5.99. The number of hydrogen-bond acceptors (Lipinski definition) is 4. The Morgan fingerprint density at radius 3 is 1.80 bits per heavy atom. The van der Waals surface area contributed by atoms with Gasteiger partial charge in [-0.1, -0.05) is 136 Å². The first-order valence-electron chi connectivity index (χ1n) is 18.1. The van der Waals surface area contributed by atoms with Crippen LogP contribution in [0, 0.1) is 5.92 Å². The molecule has 0 amide bonds. The number of rotatable bonds is 30. The Bertz CT molecular complexity index is 653. The summed E-state index contributed by atoms with van der Waals surface area (Å²) in [5, 5.41) is 3.83. The molecule has 0 aliphatic heterocycles. The molecule has 0 aromatic carbocycles. The van der Waals surface area contributed by atoms with Crippen molar-refractivity contribution >= 4 is 0 Å². The zero-order valence-electron chi connectivity index (χ0n) is 28.4. The van der Waals surface area contributed by atoms with Crippen molar-refractivity contribution in [2.75, 3.05) is 26.7 Å². The molecule has 0 saturated heterocycles. The maximum absolute atomic E-state index is 6.00. The molecule has 4 heteroatoms. The van der Waals surface area contributed by atoms with Crippen molar-refractivity contribution in [2.24, 2.45) is 5.92 Å². The maximum Gasteiger partial charge on any atom is 0.213 e. The Hall–Kier alpha value is -1.13. The minimum absolute atomic E-state index is 0.671. The van der Waals surface area contributed by atoms with E-state index in [0.29, 0.717) is 6.04 Å². The SMILES string of the molecule is CCCCCCCC(CCCCC)NCCCOc1ccc(CN(C)CC(CCCCCC)CCCCCC)cn1. The van der Waals surface area contributed by atoms with E-state index >= 15 is 0 Å². The number of nitrogens with zero attached hydrogens (tertiary/aromatic N) is 2. The van der Waals surface area contributed by atoms with Gasteiger partial charge in [-0.3, -0.25) is 0 Å². The van der Waals surface area contributed by atoms with Gasteiger partial charge >= 0.3 is 0 Å². The molecule has 0 fully saturated rings. The Morgan fingerprint density at radius 1 is 0.683 bits per heavy atom. The van der Waals surface area contributed by atoms with Crippen LogP contribution in [0.3, 0.4) is 0 Å². The van der Waals surface area contributed by atoms with Crippen molar-refractivity contribution in [1.82, 2.24) is 15.2 Å². The van der Waals surface area contributed by atoms with Crippen LogP contribution in [0.1, 0.15) is 168 Å². The average molecular weight is 574 g/mol. The lowest BCUT2D eigenvalue weighted by Crippen LogP contribution is -2.30. The molecule has 0 radical (unpaired) electrons. The predicted octanol–water partition coefficient (Wildman–Crippen LogP) is 10.7. The van der Waals surface area contributed by atoms with Gasteiger partial charge in [-0.2, -0.15) is 0 Å². The lowest BCUT2D eigenvalue weighted by molar-refractivity contribution is 0.243. The van der Waals surface area contributed by atoms with E-state index in [2.05, 4.69) is 62.1 Å². The molecule has 1 aromatic heterocycles. The third-order valence-electron chi connectivity index (χ3n) is 8.57. The summed E-state index contributed by atoms with van der Waals surface area (Å²) in [6, 6.07) is 4.94. The summed E-state index contributed by atoms with van der Waals surface area (Å²) in [6.07, 6.45) is 30.3. The van der Waals surface area contributed by atoms with E-state index in [-0.39, 0.29) is 0 Å². The molecule has 1 heterocycles. The summed E-state index contributed by atoms with van der Waals surface area (Å²) < 4.78 is 6.00. The van der Waals surface area contributed by atoms with Crippen molar-refractivity contribution < 1.29 is 4.74 Å². The first-order chi connectivity index (χ1) is 20.1. The standard InChI is InChI=1S/C37H71N3O/c1-6-10-14-17-21-26-36(25-18-13-9-4)38-29-22-30-41-37-28-27-35(31-39-37)33-40(5)32-34(23-19-15-11-7-2)24-20-16-12-8-3/h27-28,31,34,36,38H,6-26,29-30,32-33H2,1-5H3. The van der Waals surface area contributed by atoms with Crippen LogP contribution in [-0.4, -0.2) is 42.7 Å². The summed E-state index contributed by atoms with van der Waals surface area (Å²) in [7, 11) is 2.28. The maximum atomic E-state index is 6.00. The number of hydrogen-bond donors (Lipinski definition) is 1. The van der Waals surface area contributed by atoms with Gasteiger partial charge in [-0.25, -0.2) is 4.98 Å². The van der Waals surface area contributed by atoms with E-state index < -0.39 is 0 Å². The normalized spacial score (nSPS) is 12.5. The monoisotopic (exact) mass is 574 g/mol. The molecule has 0 saturated carbocycles. The van der Waals surface area contributed by atoms with Gasteiger partial charge in [-0.15, -0.1) is 0 Å². The molecule has 1 rings (SSSR count). The third-order valence-corrected chi connectivity index (χ3v) is 8.57. The van der Waals surface area contributed by atoms with E-state index in [1.165, 1.54) is 141 Å². The van der Waals surface area contributed by atoms with Crippen LogP contribution in [-0.2, 0) is 6.54 Å². The molecule has 1 aromatic rings. The lowest BCUT2D eigenvalue weighted by atomic mass is 9.94. The van der Waals surface area contributed by atoms with Crippen LogP contribution in [0.5, 0.6) is 5.88 Å². The Morgan fingerprint density at radius 2 is 1.22 bits per heavy atom. The van der Waals surface area contributed by atoms with Crippen molar-refractivity contribution in [3.05, 3.63) is 23.9 Å². The van der Waals surface area contributed by atoms with Gasteiger partial charge < -0.3 is 15.0 Å². The molecular formula is C37H71N3O. The summed E-state index contributed by atoms with van der Waals surface area (Å²) in [6.45, 7) is 13.1. The average Bonchev–Trinajstić information content (AvgIpc) is 2.97. The van der Waals surface area contributed by atoms with Crippen LogP contribution in [0.4, 0.5) is 0 Å². The van der Waals surface area contributed by atoms with Gasteiger partial charge in [0.05, 0.1) is 6.61 Å². The fourth-order valence-corrected chi connectivity index (χ4v) is 5.99. The fraction of sp³-hybridized carbons (Fsp3) is 0.865. The van der Waals surface area contributed by atoms with E-state index in [4.69, 9.17) is 4.74 Å². The van der Waals surface area contributed by atoms with Gasteiger partial charge in [0, 0.05) is 31.4 Å². The quantitative estimate of drug-likeness (QED) is 0.0929. The first kappa shape index (κ1) is 37.9. The third kappa shape index (κ3) is 22.1. The molecule has 41 heavy (non-hydrogen) atoms. The zero-order valence-corrected chi connectivity index (χ0v) is 28.4. The topological polar surface area (TPSA) is 37.4 Å². The molecule has 4 nitrogen and oxygen atoms in total. The second kappa shape index (κ2) is 27.7. The Balaban J connectivity index is 2.36. The molecule has 0 bridgehead atoms. The lowest BCUT2D eigenvalue weighted by Gasteiger charge is -2.24. The van der Waals surface area contributed by atoms with E-state index in [1.807, 2.05) is 6.20 Å². The van der Waals surface area contributed by atoms with Gasteiger partial charge in [0.1, 0.15) is 0 Å². The van der Waals surface area contributed by atoms with Crippen LogP contribution in [0.2, 0.25) is 0 Å². The molecule has 0 aliphatic rings. The number of unbranched alkanes of at least 4 members (excludes halogenated alkanes) is 12. The molecule has 0 spiro atoms. The predicted molar refractivity (Wildman–Crippen MR) is 181 cm³/mol. The van der Waals surface area contributed by atoms with Gasteiger partial charge in [0.15, 0.2) is 0 Å². The highest BCUT2D eigenvalue weighted by molar-refractivity contribution is 5.17. The van der Waals surface area contributed by atoms with Crippen molar-refractivity contribution in [3.63, 3.8) is 0 Å². The molecule has 240 valence electrons. The molecular weight excluding hydrogens is 502 g/mol. The number of nitrogens with one attached hydrogen (secondary N) is 1. The molecule has 1 N–H and O–H groups in total. The minimum Gasteiger partial charge on any atom is -0.478 e. The number of aromatic nitrogens is 1. The van der Waals surface area contributed by atoms with Crippen molar-refractivity contribution in [1.29, 1.82) is 0 Å². The zero-order chi connectivity index (χ0) is 29.8. The second-order valence-corrected chi connectivity index (χ2v) is 12.8. The van der Waals surface area contributed by atoms with Crippen LogP contribution in [0.25, 0.3) is 0 Å². The Labute approximate surface area is 257 Å². The van der Waals surface area contributed by atoms with Crippen LogP contribution >= 0.6 is 0 Å². The minimum atomic E-state index is 0.671. The molecule has 0 aliphatic carbocycles. The van der Waals surface area contributed by atoms with Crippen molar-refractivity contribution in [2.45, 2.75) is 175 Å². The smallest absolute Gasteiger partial charge is 0.213 e. The second-order valence-electron chi connectivity index (χ2n) is 12.8. The van der Waals surface area contributed by atoms with Gasteiger partial charge in [-0.05, 0) is 57.2 Å². The highest BCUT2D eigenvalue weighted by Gasteiger charge is 2.13. The van der Waals surface area contributed by atoms with Gasteiger partial charge in [0.25, 0.3) is 0 Å². The highest BCUT2D eigenvalue weighted by Crippen LogP contribution is 2.20.